The number of benzene rings is 1. The van der Waals surface area contributed by atoms with Gasteiger partial charge < -0.3 is 24.8 Å². The maximum absolute atomic E-state index is 14.2. The van der Waals surface area contributed by atoms with E-state index in [2.05, 4.69) is 20.1 Å². The Morgan fingerprint density at radius 3 is 2.38 bits per heavy atom. The summed E-state index contributed by atoms with van der Waals surface area (Å²) in [6, 6.07) is 1.53. The molecule has 8 nitrogen and oxygen atoms in total. The number of amides is 2. The quantitative estimate of drug-likeness (QED) is 0.627. The molecule has 0 saturated heterocycles. The van der Waals surface area contributed by atoms with Crippen molar-refractivity contribution in [2.24, 2.45) is 0 Å². The van der Waals surface area contributed by atoms with Crippen molar-refractivity contribution in [3.8, 4) is 5.75 Å². The van der Waals surface area contributed by atoms with E-state index in [1.807, 2.05) is 0 Å². The third kappa shape index (κ3) is 9.17. The molecule has 0 radical (unpaired) electrons. The Morgan fingerprint density at radius 2 is 1.83 bits per heavy atom. The molecule has 1 aromatic carbocycles. The van der Waals surface area contributed by atoms with Crippen LogP contribution < -0.4 is 15.4 Å². The van der Waals surface area contributed by atoms with Crippen LogP contribution in [0.15, 0.2) is 18.2 Å². The minimum absolute atomic E-state index is 0.265. The Kier molecular flexibility index (Phi) is 8.74. The van der Waals surface area contributed by atoms with Gasteiger partial charge in [0.15, 0.2) is 0 Å². The van der Waals surface area contributed by atoms with Gasteiger partial charge in [-0.05, 0) is 39.0 Å². The number of alkyl halides is 2. The topological polar surface area (TPSA) is 103 Å². The number of rotatable bonds is 8. The molecule has 1 atom stereocenters. The lowest BCUT2D eigenvalue weighted by molar-refractivity contribution is -0.141. The van der Waals surface area contributed by atoms with Gasteiger partial charge in [-0.1, -0.05) is 0 Å². The molecular weight excluding hydrogens is 397 g/mol. The van der Waals surface area contributed by atoms with Crippen LogP contribution >= 0.6 is 0 Å². The van der Waals surface area contributed by atoms with Crippen LogP contribution in [-0.2, 0) is 19.1 Å². The number of hydrogen-bond donors (Lipinski definition) is 2. The highest BCUT2D eigenvalue weighted by molar-refractivity contribution is 5.83. The van der Waals surface area contributed by atoms with E-state index in [1.165, 1.54) is 0 Å². The SMILES string of the molecule is COC(=O)C[C@H](NC(=O)CNC(=O)OC(C)(C)C)c1cc(OC(F)F)ccc1F. The fraction of sp³-hybridized carbons (Fsp3) is 0.500. The molecule has 0 aliphatic rings. The van der Waals surface area contributed by atoms with E-state index in [0.717, 1.165) is 25.3 Å². The van der Waals surface area contributed by atoms with Crippen molar-refractivity contribution in [1.82, 2.24) is 10.6 Å². The lowest BCUT2D eigenvalue weighted by Gasteiger charge is -2.21. The summed E-state index contributed by atoms with van der Waals surface area (Å²) < 4.78 is 52.8. The molecule has 29 heavy (non-hydrogen) atoms. The molecule has 0 unspecified atom stereocenters. The average Bonchev–Trinajstić information content (AvgIpc) is 2.59. The summed E-state index contributed by atoms with van der Waals surface area (Å²) in [7, 11) is 1.10. The van der Waals surface area contributed by atoms with Crippen molar-refractivity contribution < 1.29 is 41.8 Å². The van der Waals surface area contributed by atoms with E-state index in [4.69, 9.17) is 4.74 Å². The third-order valence-corrected chi connectivity index (χ3v) is 3.29. The maximum Gasteiger partial charge on any atom is 0.408 e. The van der Waals surface area contributed by atoms with Crippen molar-refractivity contribution in [3.05, 3.63) is 29.6 Å². The van der Waals surface area contributed by atoms with E-state index >= 15 is 0 Å². The van der Waals surface area contributed by atoms with Crippen LogP contribution in [0.3, 0.4) is 0 Å². The highest BCUT2D eigenvalue weighted by Crippen LogP contribution is 2.26. The van der Waals surface area contributed by atoms with Crippen LogP contribution in [0.4, 0.5) is 18.0 Å². The third-order valence-electron chi connectivity index (χ3n) is 3.29. The van der Waals surface area contributed by atoms with Crippen LogP contribution in [0.5, 0.6) is 5.75 Å². The molecule has 0 spiro atoms. The van der Waals surface area contributed by atoms with Gasteiger partial charge in [-0.15, -0.1) is 0 Å². The Morgan fingerprint density at radius 1 is 1.17 bits per heavy atom. The highest BCUT2D eigenvalue weighted by atomic mass is 19.3. The zero-order valence-electron chi connectivity index (χ0n) is 16.4. The zero-order valence-corrected chi connectivity index (χ0v) is 16.4. The number of nitrogens with one attached hydrogen (secondary N) is 2. The number of carbonyl (C=O) groups excluding carboxylic acids is 3. The van der Waals surface area contributed by atoms with E-state index in [1.54, 1.807) is 20.8 Å². The van der Waals surface area contributed by atoms with Gasteiger partial charge in [-0.2, -0.15) is 8.78 Å². The van der Waals surface area contributed by atoms with Gasteiger partial charge >= 0.3 is 18.7 Å². The summed E-state index contributed by atoms with van der Waals surface area (Å²) in [6.07, 6.45) is -1.33. The smallest absolute Gasteiger partial charge is 0.408 e. The van der Waals surface area contributed by atoms with Gasteiger partial charge in [0.25, 0.3) is 0 Å². The lowest BCUT2D eigenvalue weighted by atomic mass is 10.0. The molecule has 162 valence electrons. The van der Waals surface area contributed by atoms with E-state index < -0.39 is 55.0 Å². The summed E-state index contributed by atoms with van der Waals surface area (Å²) in [5.74, 6) is -2.77. The number of ether oxygens (including phenoxy) is 3. The van der Waals surface area contributed by atoms with Crippen molar-refractivity contribution in [1.29, 1.82) is 0 Å². The Bertz CT molecular complexity index is 737. The van der Waals surface area contributed by atoms with Crippen LogP contribution in [0.2, 0.25) is 0 Å². The first-order valence-electron chi connectivity index (χ1n) is 8.48. The largest absolute Gasteiger partial charge is 0.469 e. The summed E-state index contributed by atoms with van der Waals surface area (Å²) in [6.45, 7) is 1.24. The van der Waals surface area contributed by atoms with Crippen molar-refractivity contribution in [2.45, 2.75) is 45.4 Å². The van der Waals surface area contributed by atoms with Gasteiger partial charge in [0.2, 0.25) is 5.91 Å². The molecule has 2 N–H and O–H groups in total. The molecule has 0 fully saturated rings. The predicted octanol–water partition coefficient (Wildman–Crippen LogP) is 2.67. The molecule has 0 aliphatic carbocycles. The van der Waals surface area contributed by atoms with Crippen LogP contribution in [0, 0.1) is 5.82 Å². The van der Waals surface area contributed by atoms with Gasteiger partial charge in [-0.3, -0.25) is 9.59 Å². The lowest BCUT2D eigenvalue weighted by Crippen LogP contribution is -2.41. The fourth-order valence-electron chi connectivity index (χ4n) is 2.17. The zero-order chi connectivity index (χ0) is 22.2. The predicted molar refractivity (Wildman–Crippen MR) is 94.8 cm³/mol. The molecule has 0 bridgehead atoms. The molecular formula is C18H23F3N2O6. The molecule has 1 rings (SSSR count). The average molecular weight is 420 g/mol. The van der Waals surface area contributed by atoms with Crippen LogP contribution in [0.1, 0.15) is 38.8 Å². The fourth-order valence-corrected chi connectivity index (χ4v) is 2.17. The second-order valence-corrected chi connectivity index (χ2v) is 6.82. The number of esters is 1. The second-order valence-electron chi connectivity index (χ2n) is 6.82. The number of methoxy groups -OCH3 is 1. The van der Waals surface area contributed by atoms with Crippen molar-refractivity contribution >= 4 is 18.0 Å². The molecule has 0 aliphatic heterocycles. The standard InChI is InChI=1S/C18H23F3N2O6/c1-18(2,3)29-17(26)22-9-14(24)23-13(8-15(25)27-4)11-7-10(28-16(20)21)5-6-12(11)19/h5-7,13,16H,8-9H2,1-4H3,(H,22,26)(H,23,24)/t13-/m0/s1. The first-order chi connectivity index (χ1) is 13.4. The summed E-state index contributed by atoms with van der Waals surface area (Å²) in [5, 5.41) is 4.55. The minimum Gasteiger partial charge on any atom is -0.469 e. The summed E-state index contributed by atoms with van der Waals surface area (Å²) in [5.41, 5.74) is -1.04. The number of hydrogen-bond acceptors (Lipinski definition) is 6. The monoisotopic (exact) mass is 420 g/mol. The van der Waals surface area contributed by atoms with E-state index in [9.17, 15) is 27.6 Å². The highest BCUT2D eigenvalue weighted by Gasteiger charge is 2.24. The first-order valence-corrected chi connectivity index (χ1v) is 8.48. The molecule has 2 amide bonds. The van der Waals surface area contributed by atoms with Gasteiger partial charge in [0.05, 0.1) is 19.6 Å². The van der Waals surface area contributed by atoms with Crippen LogP contribution in [0.25, 0.3) is 0 Å². The Balaban J connectivity index is 2.92. The second kappa shape index (κ2) is 10.5. The molecule has 0 heterocycles. The first kappa shape index (κ1) is 24.1. The Hall–Kier alpha value is -2.98. The maximum atomic E-state index is 14.2. The van der Waals surface area contributed by atoms with Crippen molar-refractivity contribution in [2.75, 3.05) is 13.7 Å². The molecule has 0 saturated carbocycles. The van der Waals surface area contributed by atoms with Crippen molar-refractivity contribution in [3.63, 3.8) is 0 Å². The molecule has 0 aromatic heterocycles. The van der Waals surface area contributed by atoms with Gasteiger partial charge in [-0.25, -0.2) is 9.18 Å². The number of carbonyl (C=O) groups is 3. The molecule has 1 aromatic rings. The van der Waals surface area contributed by atoms with Gasteiger partial charge in [0, 0.05) is 5.56 Å². The van der Waals surface area contributed by atoms with Gasteiger partial charge in [0.1, 0.15) is 23.7 Å². The number of alkyl carbamates (subject to hydrolysis) is 1. The van der Waals surface area contributed by atoms with Crippen LogP contribution in [-0.4, -0.2) is 43.8 Å². The summed E-state index contributed by atoms with van der Waals surface area (Å²) >= 11 is 0. The minimum atomic E-state index is -3.14. The summed E-state index contributed by atoms with van der Waals surface area (Å²) in [4.78, 5) is 35.4. The number of halogens is 3. The van der Waals surface area contributed by atoms with E-state index in [-0.39, 0.29) is 11.3 Å². The molecule has 11 heteroatoms. The Labute approximate surface area is 165 Å². The normalized spacial score (nSPS) is 12.1. The van der Waals surface area contributed by atoms with E-state index in [0.29, 0.717) is 0 Å².